The van der Waals surface area contributed by atoms with Crippen molar-refractivity contribution in [3.05, 3.63) is 19.8 Å². The minimum absolute atomic E-state index is 0.693. The Kier molecular flexibility index (Phi) is 3.07. The maximum Gasteiger partial charge on any atom is 0.107 e. The topological polar surface area (TPSA) is 12.0 Å². The number of halogens is 2. The molecule has 3 rings (SSSR count). The van der Waals surface area contributed by atoms with Crippen molar-refractivity contribution in [3.63, 3.8) is 0 Å². The summed E-state index contributed by atoms with van der Waals surface area (Å²) in [6.07, 6.45) is 5.83. The molecule has 2 aliphatic carbocycles. The van der Waals surface area contributed by atoms with Gasteiger partial charge < -0.3 is 5.32 Å². The second-order valence-corrected chi connectivity index (χ2v) is 7.67. The molecule has 2 saturated carbocycles. The van der Waals surface area contributed by atoms with E-state index in [9.17, 15) is 0 Å². The normalized spacial score (nSPS) is 22.4. The van der Waals surface area contributed by atoms with Crippen molar-refractivity contribution in [2.24, 2.45) is 11.3 Å². The monoisotopic (exact) mass is 319 g/mol. The highest BCUT2D eigenvalue weighted by atomic mass is 79.9. The second-order valence-electron chi connectivity index (χ2n) is 5.07. The van der Waals surface area contributed by atoms with Crippen LogP contribution in [0.3, 0.4) is 0 Å². The summed E-state index contributed by atoms with van der Waals surface area (Å²) < 4.78 is 1.89. The quantitative estimate of drug-likeness (QED) is 0.845. The fourth-order valence-corrected chi connectivity index (χ4v) is 4.26. The Hall–Kier alpha value is 0.430. The third kappa shape index (κ3) is 2.33. The van der Waals surface area contributed by atoms with E-state index in [2.05, 4.69) is 27.3 Å². The van der Waals surface area contributed by atoms with Crippen LogP contribution in [0, 0.1) is 11.3 Å². The Labute approximate surface area is 114 Å². The molecule has 0 amide bonds. The van der Waals surface area contributed by atoms with Crippen molar-refractivity contribution in [3.8, 4) is 0 Å². The summed E-state index contributed by atoms with van der Waals surface area (Å²) in [5.74, 6) is 1.04. The smallest absolute Gasteiger partial charge is 0.107 e. The standard InChI is InChI=1S/C12H15BrClNS/c13-10-5-9(16-11(10)14)6-15-7-12(3-4-12)8-1-2-8/h5,8,15H,1-4,6-7H2. The third-order valence-corrected chi connectivity index (χ3v) is 6.28. The lowest BCUT2D eigenvalue weighted by Gasteiger charge is -2.14. The molecule has 1 heterocycles. The van der Waals surface area contributed by atoms with Gasteiger partial charge in [0.25, 0.3) is 0 Å². The zero-order chi connectivity index (χ0) is 11.2. The molecule has 4 heteroatoms. The van der Waals surface area contributed by atoms with Crippen LogP contribution in [0.15, 0.2) is 10.5 Å². The number of rotatable bonds is 5. The van der Waals surface area contributed by atoms with E-state index in [0.717, 1.165) is 21.3 Å². The summed E-state index contributed by atoms with van der Waals surface area (Å²) in [4.78, 5) is 1.32. The second kappa shape index (κ2) is 4.27. The first-order valence-corrected chi connectivity index (χ1v) is 7.83. The predicted octanol–water partition coefficient (Wildman–Crippen LogP) is 4.44. The van der Waals surface area contributed by atoms with Crippen molar-refractivity contribution >= 4 is 38.9 Å². The molecular formula is C12H15BrClNS. The molecule has 2 fully saturated rings. The molecule has 0 atom stereocenters. The molecule has 0 aromatic carbocycles. The zero-order valence-electron chi connectivity index (χ0n) is 9.06. The van der Waals surface area contributed by atoms with E-state index in [0.29, 0.717) is 5.41 Å². The van der Waals surface area contributed by atoms with Gasteiger partial charge in [0.15, 0.2) is 0 Å². The Morgan fingerprint density at radius 1 is 1.50 bits per heavy atom. The van der Waals surface area contributed by atoms with E-state index in [-0.39, 0.29) is 0 Å². The minimum Gasteiger partial charge on any atom is -0.311 e. The fraction of sp³-hybridized carbons (Fsp3) is 0.667. The molecule has 1 nitrogen and oxygen atoms in total. The molecule has 2 aliphatic rings. The first kappa shape index (κ1) is 11.5. The molecule has 1 aromatic heterocycles. The summed E-state index contributed by atoms with van der Waals surface area (Å²) in [6, 6.07) is 2.12. The van der Waals surface area contributed by atoms with Gasteiger partial charge in [0.1, 0.15) is 4.34 Å². The number of nitrogens with one attached hydrogen (secondary N) is 1. The average Bonchev–Trinajstić information content (AvgIpc) is 3.11. The highest BCUT2D eigenvalue weighted by Gasteiger charge is 2.53. The van der Waals surface area contributed by atoms with Gasteiger partial charge in [-0.1, -0.05) is 11.6 Å². The highest BCUT2D eigenvalue weighted by molar-refractivity contribution is 9.10. The van der Waals surface area contributed by atoms with E-state index in [1.165, 1.54) is 37.1 Å². The van der Waals surface area contributed by atoms with Gasteiger partial charge in [0.05, 0.1) is 0 Å². The SMILES string of the molecule is Clc1sc(CNCC2(C3CC3)CC2)cc1Br. The van der Waals surface area contributed by atoms with Gasteiger partial charge in [-0.3, -0.25) is 0 Å². The molecule has 0 aliphatic heterocycles. The van der Waals surface area contributed by atoms with Gasteiger partial charge in [-0.25, -0.2) is 0 Å². The lowest BCUT2D eigenvalue weighted by Crippen LogP contribution is -2.24. The van der Waals surface area contributed by atoms with Crippen LogP contribution in [0.1, 0.15) is 30.6 Å². The number of hydrogen-bond acceptors (Lipinski definition) is 2. The Balaban J connectivity index is 1.49. The van der Waals surface area contributed by atoms with Gasteiger partial charge in [-0.05, 0) is 59.0 Å². The van der Waals surface area contributed by atoms with E-state index in [4.69, 9.17) is 11.6 Å². The van der Waals surface area contributed by atoms with Gasteiger partial charge in [-0.2, -0.15) is 0 Å². The summed E-state index contributed by atoms with van der Waals surface area (Å²) in [7, 11) is 0. The van der Waals surface area contributed by atoms with E-state index >= 15 is 0 Å². The first-order valence-electron chi connectivity index (χ1n) is 5.84. The van der Waals surface area contributed by atoms with Crippen molar-refractivity contribution in [2.75, 3.05) is 6.54 Å². The lowest BCUT2D eigenvalue weighted by atomic mass is 10.0. The molecule has 1 N–H and O–H groups in total. The molecule has 0 spiro atoms. The van der Waals surface area contributed by atoms with Crippen LogP contribution < -0.4 is 5.32 Å². The van der Waals surface area contributed by atoms with Crippen molar-refractivity contribution in [1.29, 1.82) is 0 Å². The van der Waals surface area contributed by atoms with E-state index in [1.54, 1.807) is 11.3 Å². The van der Waals surface area contributed by atoms with Crippen LogP contribution in [0.25, 0.3) is 0 Å². The maximum absolute atomic E-state index is 6.01. The fourth-order valence-electron chi connectivity index (χ4n) is 2.50. The molecule has 16 heavy (non-hydrogen) atoms. The zero-order valence-corrected chi connectivity index (χ0v) is 12.2. The molecule has 0 unspecified atom stereocenters. The summed E-state index contributed by atoms with van der Waals surface area (Å²) in [5, 5.41) is 3.60. The average molecular weight is 321 g/mol. The van der Waals surface area contributed by atoms with Gasteiger partial charge in [0.2, 0.25) is 0 Å². The minimum atomic E-state index is 0.693. The molecule has 0 radical (unpaired) electrons. The molecule has 88 valence electrons. The van der Waals surface area contributed by atoms with Crippen LogP contribution in [0.5, 0.6) is 0 Å². The van der Waals surface area contributed by atoms with E-state index in [1.807, 2.05) is 0 Å². The number of thiophene rings is 1. The van der Waals surface area contributed by atoms with Crippen LogP contribution in [-0.4, -0.2) is 6.54 Å². The van der Waals surface area contributed by atoms with Crippen molar-refractivity contribution in [1.82, 2.24) is 5.32 Å². The summed E-state index contributed by atoms with van der Waals surface area (Å²) in [5.41, 5.74) is 0.693. The van der Waals surface area contributed by atoms with Crippen LogP contribution in [0.4, 0.5) is 0 Å². The highest BCUT2D eigenvalue weighted by Crippen LogP contribution is 2.60. The predicted molar refractivity (Wildman–Crippen MR) is 73.1 cm³/mol. The molecule has 0 bridgehead atoms. The molecular weight excluding hydrogens is 306 g/mol. The van der Waals surface area contributed by atoms with Gasteiger partial charge in [0, 0.05) is 22.4 Å². The van der Waals surface area contributed by atoms with Crippen molar-refractivity contribution in [2.45, 2.75) is 32.2 Å². The van der Waals surface area contributed by atoms with Crippen LogP contribution in [-0.2, 0) is 6.54 Å². The Bertz CT molecular complexity index is 376. The van der Waals surface area contributed by atoms with Gasteiger partial charge in [-0.15, -0.1) is 11.3 Å². The summed E-state index contributed by atoms with van der Waals surface area (Å²) >= 11 is 11.1. The Morgan fingerprint density at radius 2 is 2.25 bits per heavy atom. The summed E-state index contributed by atoms with van der Waals surface area (Å²) in [6.45, 7) is 2.16. The first-order chi connectivity index (χ1) is 7.70. The molecule has 1 aromatic rings. The van der Waals surface area contributed by atoms with Crippen molar-refractivity contribution < 1.29 is 0 Å². The maximum atomic E-state index is 6.01. The Morgan fingerprint density at radius 3 is 2.75 bits per heavy atom. The number of hydrogen-bond donors (Lipinski definition) is 1. The molecule has 0 saturated heterocycles. The van der Waals surface area contributed by atoms with Crippen LogP contribution >= 0.6 is 38.9 Å². The lowest BCUT2D eigenvalue weighted by molar-refractivity contribution is 0.404. The van der Waals surface area contributed by atoms with Crippen LogP contribution in [0.2, 0.25) is 4.34 Å². The largest absolute Gasteiger partial charge is 0.311 e. The third-order valence-electron chi connectivity index (χ3n) is 3.81. The van der Waals surface area contributed by atoms with Gasteiger partial charge >= 0.3 is 0 Å². The van der Waals surface area contributed by atoms with E-state index < -0.39 is 0 Å².